The monoisotopic (exact) mass is 355 g/mol. The van der Waals surface area contributed by atoms with Crippen LogP contribution in [0.3, 0.4) is 0 Å². The number of amides is 1. The number of primary amides is 1. The molecule has 0 aromatic carbocycles. The van der Waals surface area contributed by atoms with E-state index in [1.807, 2.05) is 13.8 Å². The summed E-state index contributed by atoms with van der Waals surface area (Å²) in [4.78, 5) is 26.0. The maximum absolute atomic E-state index is 12.8. The molecule has 4 atom stereocenters. The van der Waals surface area contributed by atoms with Gasteiger partial charge in [-0.3, -0.25) is 14.5 Å². The molecule has 0 aromatic rings. The van der Waals surface area contributed by atoms with Crippen molar-refractivity contribution in [3.63, 3.8) is 0 Å². The number of likely N-dealkylation sites (N-methyl/N-ethyl adjacent to an activating group) is 1. The highest BCUT2D eigenvalue weighted by atomic mass is 16.3. The molecule has 1 aliphatic carbocycles. The van der Waals surface area contributed by atoms with Gasteiger partial charge in [-0.25, -0.2) is 0 Å². The molecular weight excluding hydrogens is 318 g/mol. The Balaban J connectivity index is 2.71. The van der Waals surface area contributed by atoms with Crippen molar-refractivity contribution in [2.45, 2.75) is 77.0 Å². The standard InChI is InChI=1S/C19H37N3O3/c1-12(2)14(18(24)17(19(21)25)22(3)4)11-16(23)15(20)10-13-8-6-5-7-9-13/h12-17,23H,5-11,20H2,1-4H3,(H2,21,25)/t14-,15+,16+,17?/m1/s1. The number of carbonyl (C=O) groups is 2. The Morgan fingerprint density at radius 3 is 2.16 bits per heavy atom. The quantitative estimate of drug-likeness (QED) is 0.512. The molecular formula is C19H37N3O3. The van der Waals surface area contributed by atoms with E-state index in [0.717, 1.165) is 6.42 Å². The maximum atomic E-state index is 12.8. The minimum absolute atomic E-state index is 0.00540. The SMILES string of the molecule is CC(C)[C@@H](C[C@H](O)[C@@H](N)CC1CCCCC1)C(=O)C(C(N)=O)N(C)C. The molecule has 6 nitrogen and oxygen atoms in total. The van der Waals surface area contributed by atoms with Crippen LogP contribution < -0.4 is 11.5 Å². The number of ketones is 1. The zero-order valence-corrected chi connectivity index (χ0v) is 16.3. The van der Waals surface area contributed by atoms with Gasteiger partial charge in [0.1, 0.15) is 6.04 Å². The van der Waals surface area contributed by atoms with E-state index in [0.29, 0.717) is 5.92 Å². The highest BCUT2D eigenvalue weighted by molar-refractivity contribution is 6.05. The molecule has 0 spiro atoms. The van der Waals surface area contributed by atoms with Gasteiger partial charge in [0.05, 0.1) is 6.10 Å². The Hall–Kier alpha value is -0.980. The lowest BCUT2D eigenvalue weighted by molar-refractivity contribution is -0.137. The van der Waals surface area contributed by atoms with E-state index in [1.54, 1.807) is 14.1 Å². The second kappa shape index (κ2) is 10.2. The number of hydrogen-bond donors (Lipinski definition) is 3. The van der Waals surface area contributed by atoms with Crippen LogP contribution in [0.25, 0.3) is 0 Å². The van der Waals surface area contributed by atoms with Gasteiger partial charge in [-0.05, 0) is 38.8 Å². The third-order valence-corrected chi connectivity index (χ3v) is 5.55. The normalized spacial score (nSPS) is 21.1. The molecule has 0 aliphatic heterocycles. The summed E-state index contributed by atoms with van der Waals surface area (Å²) in [7, 11) is 3.33. The van der Waals surface area contributed by atoms with Crippen molar-refractivity contribution in [2.24, 2.45) is 29.2 Å². The van der Waals surface area contributed by atoms with Gasteiger partial charge in [-0.15, -0.1) is 0 Å². The average Bonchev–Trinajstić information content (AvgIpc) is 2.51. The van der Waals surface area contributed by atoms with Crippen molar-refractivity contribution in [2.75, 3.05) is 14.1 Å². The van der Waals surface area contributed by atoms with Gasteiger partial charge in [0.25, 0.3) is 0 Å². The number of Topliss-reactive ketones (excluding diaryl/α,β-unsaturated/α-hetero) is 1. The number of aliphatic hydroxyl groups excluding tert-OH is 1. The highest BCUT2D eigenvalue weighted by Gasteiger charge is 2.36. The molecule has 6 heteroatoms. The minimum Gasteiger partial charge on any atom is -0.391 e. The Morgan fingerprint density at radius 2 is 1.72 bits per heavy atom. The van der Waals surface area contributed by atoms with Gasteiger partial charge in [-0.2, -0.15) is 0 Å². The predicted octanol–water partition coefficient (Wildman–Crippen LogP) is 1.29. The number of rotatable bonds is 10. The molecule has 5 N–H and O–H groups in total. The van der Waals surface area contributed by atoms with Gasteiger partial charge in [0, 0.05) is 12.0 Å². The number of aliphatic hydroxyl groups is 1. The number of hydrogen-bond acceptors (Lipinski definition) is 5. The van der Waals surface area contributed by atoms with E-state index >= 15 is 0 Å². The summed E-state index contributed by atoms with van der Waals surface area (Å²) in [6.45, 7) is 3.85. The molecule has 1 rings (SSSR count). The van der Waals surface area contributed by atoms with Crippen LogP contribution in [0.1, 0.15) is 58.8 Å². The van der Waals surface area contributed by atoms with Crippen molar-refractivity contribution in [3.05, 3.63) is 0 Å². The van der Waals surface area contributed by atoms with Gasteiger partial charge in [0.2, 0.25) is 5.91 Å². The molecule has 0 saturated heterocycles. The van der Waals surface area contributed by atoms with Crippen molar-refractivity contribution in [3.8, 4) is 0 Å². The molecule has 0 radical (unpaired) electrons. The summed E-state index contributed by atoms with van der Waals surface area (Å²) in [5.41, 5.74) is 11.6. The molecule has 1 fully saturated rings. The smallest absolute Gasteiger partial charge is 0.242 e. The summed E-state index contributed by atoms with van der Waals surface area (Å²) in [5.74, 6) is -0.733. The van der Waals surface area contributed by atoms with E-state index in [4.69, 9.17) is 11.5 Å². The van der Waals surface area contributed by atoms with E-state index in [1.165, 1.54) is 37.0 Å². The van der Waals surface area contributed by atoms with E-state index in [-0.39, 0.29) is 24.2 Å². The van der Waals surface area contributed by atoms with Crippen LogP contribution in [0.4, 0.5) is 0 Å². The second-order valence-electron chi connectivity index (χ2n) is 8.23. The molecule has 0 bridgehead atoms. The van der Waals surface area contributed by atoms with Crippen molar-refractivity contribution >= 4 is 11.7 Å². The first-order chi connectivity index (χ1) is 11.6. The number of nitrogens with two attached hydrogens (primary N) is 2. The van der Waals surface area contributed by atoms with Gasteiger partial charge in [0.15, 0.2) is 5.78 Å². The van der Waals surface area contributed by atoms with E-state index in [9.17, 15) is 14.7 Å². The van der Waals surface area contributed by atoms with E-state index < -0.39 is 24.0 Å². The summed E-state index contributed by atoms with van der Waals surface area (Å²) in [5, 5.41) is 10.6. The van der Waals surface area contributed by atoms with Crippen LogP contribution in [0.5, 0.6) is 0 Å². The molecule has 1 amide bonds. The summed E-state index contributed by atoms with van der Waals surface area (Å²) >= 11 is 0. The average molecular weight is 356 g/mol. The molecule has 25 heavy (non-hydrogen) atoms. The van der Waals surface area contributed by atoms with Crippen molar-refractivity contribution in [1.82, 2.24) is 4.90 Å². The van der Waals surface area contributed by atoms with E-state index in [2.05, 4.69) is 0 Å². The predicted molar refractivity (Wildman–Crippen MR) is 99.8 cm³/mol. The van der Waals surface area contributed by atoms with Gasteiger partial charge in [-0.1, -0.05) is 46.0 Å². The van der Waals surface area contributed by atoms with Gasteiger partial charge >= 0.3 is 0 Å². The molecule has 0 heterocycles. The zero-order chi connectivity index (χ0) is 19.1. The second-order valence-corrected chi connectivity index (χ2v) is 8.23. The van der Waals surface area contributed by atoms with Crippen LogP contribution in [0.2, 0.25) is 0 Å². The highest BCUT2D eigenvalue weighted by Crippen LogP contribution is 2.29. The maximum Gasteiger partial charge on any atom is 0.242 e. The summed E-state index contributed by atoms with van der Waals surface area (Å²) in [6.07, 6.45) is 6.46. The lowest BCUT2D eigenvalue weighted by atomic mass is 9.79. The fourth-order valence-corrected chi connectivity index (χ4v) is 3.97. The lowest BCUT2D eigenvalue weighted by Crippen LogP contribution is -2.50. The fraction of sp³-hybridized carbons (Fsp3) is 0.895. The Kier molecular flexibility index (Phi) is 9.03. The zero-order valence-electron chi connectivity index (χ0n) is 16.3. The minimum atomic E-state index is -0.964. The van der Waals surface area contributed by atoms with Crippen LogP contribution in [0.15, 0.2) is 0 Å². The Bertz CT molecular complexity index is 434. The molecule has 0 aromatic heterocycles. The summed E-state index contributed by atoms with van der Waals surface area (Å²) in [6, 6.07) is -1.29. The first-order valence-corrected chi connectivity index (χ1v) is 9.58. The van der Waals surface area contributed by atoms with Crippen LogP contribution in [0, 0.1) is 17.8 Å². The topological polar surface area (TPSA) is 110 Å². The number of nitrogens with zero attached hydrogens (tertiary/aromatic N) is 1. The molecule has 1 saturated carbocycles. The fourth-order valence-electron chi connectivity index (χ4n) is 3.97. The largest absolute Gasteiger partial charge is 0.391 e. The van der Waals surface area contributed by atoms with Crippen molar-refractivity contribution < 1.29 is 14.7 Å². The third kappa shape index (κ3) is 6.68. The lowest BCUT2D eigenvalue weighted by Gasteiger charge is -2.31. The Morgan fingerprint density at radius 1 is 1.16 bits per heavy atom. The first-order valence-electron chi connectivity index (χ1n) is 9.58. The van der Waals surface area contributed by atoms with Crippen LogP contribution >= 0.6 is 0 Å². The Labute approximate surface area is 152 Å². The van der Waals surface area contributed by atoms with Crippen LogP contribution in [-0.2, 0) is 9.59 Å². The third-order valence-electron chi connectivity index (χ3n) is 5.55. The first kappa shape index (κ1) is 22.1. The molecule has 1 unspecified atom stereocenters. The van der Waals surface area contributed by atoms with Crippen LogP contribution in [-0.4, -0.2) is 54.0 Å². The molecule has 146 valence electrons. The number of carbonyl (C=O) groups excluding carboxylic acids is 2. The van der Waals surface area contributed by atoms with Crippen molar-refractivity contribution in [1.29, 1.82) is 0 Å². The molecule has 1 aliphatic rings. The summed E-state index contributed by atoms with van der Waals surface area (Å²) < 4.78 is 0. The van der Waals surface area contributed by atoms with Gasteiger partial charge < -0.3 is 16.6 Å².